The van der Waals surface area contributed by atoms with Gasteiger partial charge in [-0.25, -0.2) is 0 Å². The Bertz CT molecular complexity index is 532. The lowest BCUT2D eigenvalue weighted by atomic mass is 9.96. The van der Waals surface area contributed by atoms with Crippen molar-refractivity contribution in [2.24, 2.45) is 16.9 Å². The van der Waals surface area contributed by atoms with E-state index in [4.69, 9.17) is 23.8 Å². The van der Waals surface area contributed by atoms with Gasteiger partial charge >= 0.3 is 0 Å². The topological polar surface area (TPSA) is 36.4 Å². The van der Waals surface area contributed by atoms with Crippen molar-refractivity contribution >= 4 is 35.1 Å². The summed E-state index contributed by atoms with van der Waals surface area (Å²) in [7, 11) is 0. The zero-order valence-corrected chi connectivity index (χ0v) is 12.8. The fraction of sp³-hybridized carbons (Fsp3) is 0.467. The molecule has 0 radical (unpaired) electrons. The van der Waals surface area contributed by atoms with Crippen molar-refractivity contribution in [3.63, 3.8) is 0 Å². The molecular weight excluding hydrogens is 290 g/mol. The highest BCUT2D eigenvalue weighted by Crippen LogP contribution is 2.44. The van der Waals surface area contributed by atoms with Crippen LogP contribution in [0.2, 0.25) is 5.02 Å². The van der Waals surface area contributed by atoms with Crippen molar-refractivity contribution in [2.75, 3.05) is 0 Å². The molecule has 0 unspecified atom stereocenters. The number of hydrogen-bond acceptors (Lipinski definition) is 2. The van der Waals surface area contributed by atoms with Crippen LogP contribution in [0.4, 0.5) is 0 Å². The van der Waals surface area contributed by atoms with Crippen molar-refractivity contribution in [3.05, 3.63) is 34.9 Å². The smallest absolute Gasteiger partial charge is 0.187 e. The largest absolute Gasteiger partial charge is 0.358 e. The minimum Gasteiger partial charge on any atom is -0.358 e. The molecule has 2 saturated carbocycles. The van der Waals surface area contributed by atoms with Crippen LogP contribution >= 0.6 is 23.8 Å². The number of halogens is 1. The van der Waals surface area contributed by atoms with Crippen LogP contribution in [0.5, 0.6) is 0 Å². The number of thiocarbonyl (C=S) groups is 1. The van der Waals surface area contributed by atoms with Crippen molar-refractivity contribution in [1.29, 1.82) is 0 Å². The quantitative estimate of drug-likeness (QED) is 0.511. The van der Waals surface area contributed by atoms with E-state index in [1.165, 1.54) is 25.7 Å². The Balaban J connectivity index is 1.49. The number of benzene rings is 1. The number of hydrogen-bond donors (Lipinski definition) is 2. The molecule has 2 N–H and O–H groups in total. The highest BCUT2D eigenvalue weighted by atomic mass is 35.5. The fourth-order valence-corrected chi connectivity index (χ4v) is 3.75. The van der Waals surface area contributed by atoms with E-state index in [9.17, 15) is 0 Å². The third-order valence-electron chi connectivity index (χ3n) is 4.33. The first-order valence-corrected chi connectivity index (χ1v) is 7.85. The van der Waals surface area contributed by atoms with Gasteiger partial charge in [-0.2, -0.15) is 5.10 Å². The van der Waals surface area contributed by atoms with Gasteiger partial charge in [0.2, 0.25) is 0 Å². The molecule has 3 nitrogen and oxygen atoms in total. The van der Waals surface area contributed by atoms with Crippen molar-refractivity contribution in [2.45, 2.75) is 31.7 Å². The Morgan fingerprint density at radius 1 is 1.30 bits per heavy atom. The average Bonchev–Trinajstić information content (AvgIpc) is 3.03. The normalized spacial score (nSPS) is 27.9. The summed E-state index contributed by atoms with van der Waals surface area (Å²) in [5, 5.41) is 8.82. The van der Waals surface area contributed by atoms with E-state index in [0.29, 0.717) is 16.2 Å². The minimum atomic E-state index is 0.532. The van der Waals surface area contributed by atoms with E-state index in [-0.39, 0.29) is 0 Å². The lowest BCUT2D eigenvalue weighted by Crippen LogP contribution is -2.42. The Morgan fingerprint density at radius 2 is 2.15 bits per heavy atom. The second-order valence-corrected chi connectivity index (χ2v) is 6.46. The molecule has 106 valence electrons. The summed E-state index contributed by atoms with van der Waals surface area (Å²) in [4.78, 5) is 0. The molecule has 0 aromatic heterocycles. The molecule has 1 aromatic carbocycles. The summed E-state index contributed by atoms with van der Waals surface area (Å²) >= 11 is 11.3. The van der Waals surface area contributed by atoms with E-state index in [0.717, 1.165) is 17.4 Å². The van der Waals surface area contributed by atoms with E-state index in [1.54, 1.807) is 6.21 Å². The maximum atomic E-state index is 6.05. The standard InChI is InChI=1S/C15H18ClN3S/c16-13-4-2-1-3-12(13)9-17-19-15(20)18-14-8-10-5-6-11(14)7-10/h1-4,9-11,14H,5-8H2,(H2,18,19,20)/b17-9-/t10-,11-,14-/m1/s1. The zero-order chi connectivity index (χ0) is 13.9. The van der Waals surface area contributed by atoms with Crippen LogP contribution in [0.25, 0.3) is 0 Å². The molecule has 0 spiro atoms. The lowest BCUT2D eigenvalue weighted by molar-refractivity contribution is 0.389. The number of nitrogens with zero attached hydrogens (tertiary/aromatic N) is 1. The maximum Gasteiger partial charge on any atom is 0.187 e. The molecule has 0 amide bonds. The molecule has 5 heteroatoms. The van der Waals surface area contributed by atoms with Crippen LogP contribution in [0.1, 0.15) is 31.2 Å². The Kier molecular flexibility index (Phi) is 4.22. The van der Waals surface area contributed by atoms with Crippen LogP contribution < -0.4 is 10.7 Å². The fourth-order valence-electron chi connectivity index (χ4n) is 3.36. The molecule has 20 heavy (non-hydrogen) atoms. The van der Waals surface area contributed by atoms with E-state index < -0.39 is 0 Å². The average molecular weight is 308 g/mol. The van der Waals surface area contributed by atoms with E-state index in [2.05, 4.69) is 15.8 Å². The maximum absolute atomic E-state index is 6.05. The van der Waals surface area contributed by atoms with Gasteiger partial charge in [0.05, 0.1) is 6.21 Å². The lowest BCUT2D eigenvalue weighted by Gasteiger charge is -2.23. The van der Waals surface area contributed by atoms with Gasteiger partial charge in [-0.05, 0) is 49.4 Å². The molecular formula is C15H18ClN3S. The van der Waals surface area contributed by atoms with E-state index in [1.807, 2.05) is 24.3 Å². The first-order valence-electron chi connectivity index (χ1n) is 7.06. The van der Waals surface area contributed by atoms with Gasteiger partial charge in [-0.15, -0.1) is 0 Å². The van der Waals surface area contributed by atoms with Crippen LogP contribution in [-0.2, 0) is 0 Å². The second kappa shape index (κ2) is 6.10. The molecule has 1 aromatic rings. The van der Waals surface area contributed by atoms with Gasteiger partial charge < -0.3 is 5.32 Å². The molecule has 0 heterocycles. The summed E-state index contributed by atoms with van der Waals surface area (Å²) in [6.45, 7) is 0. The summed E-state index contributed by atoms with van der Waals surface area (Å²) in [5.74, 6) is 1.71. The minimum absolute atomic E-state index is 0.532. The number of nitrogens with one attached hydrogen (secondary N) is 2. The SMILES string of the molecule is S=C(N/N=C\c1ccccc1Cl)N[C@@H]1C[C@@H]2CC[C@@H]1C2. The summed E-state index contributed by atoms with van der Waals surface area (Å²) in [6.07, 6.45) is 7.04. The second-order valence-electron chi connectivity index (χ2n) is 5.65. The highest BCUT2D eigenvalue weighted by Gasteiger charge is 2.39. The summed E-state index contributed by atoms with van der Waals surface area (Å²) < 4.78 is 0. The van der Waals surface area contributed by atoms with E-state index >= 15 is 0 Å². The van der Waals surface area contributed by atoms with Crippen LogP contribution in [-0.4, -0.2) is 17.4 Å². The van der Waals surface area contributed by atoms with Crippen molar-refractivity contribution in [3.8, 4) is 0 Å². The third-order valence-corrected chi connectivity index (χ3v) is 4.88. The van der Waals surface area contributed by atoms with Crippen molar-refractivity contribution < 1.29 is 0 Å². The third kappa shape index (κ3) is 3.13. The monoisotopic (exact) mass is 307 g/mol. The number of hydrazone groups is 1. The Morgan fingerprint density at radius 3 is 2.85 bits per heavy atom. The van der Waals surface area contributed by atoms with Gasteiger partial charge in [-0.1, -0.05) is 36.2 Å². The van der Waals surface area contributed by atoms with Crippen molar-refractivity contribution in [1.82, 2.24) is 10.7 Å². The molecule has 0 saturated heterocycles. The predicted octanol–water partition coefficient (Wildman–Crippen LogP) is 3.33. The van der Waals surface area contributed by atoms with Gasteiger partial charge in [0.25, 0.3) is 0 Å². The molecule has 0 aliphatic heterocycles. The predicted molar refractivity (Wildman–Crippen MR) is 87.2 cm³/mol. The van der Waals surface area contributed by atoms with Crippen LogP contribution in [0.3, 0.4) is 0 Å². The van der Waals surface area contributed by atoms with Gasteiger partial charge in [-0.3, -0.25) is 5.43 Å². The van der Waals surface area contributed by atoms with Crippen LogP contribution in [0.15, 0.2) is 29.4 Å². The molecule has 3 atom stereocenters. The number of rotatable bonds is 3. The van der Waals surface area contributed by atoms with Gasteiger partial charge in [0, 0.05) is 16.6 Å². The summed E-state index contributed by atoms with van der Waals surface area (Å²) in [5.41, 5.74) is 3.75. The molecule has 2 aliphatic rings. The molecule has 2 fully saturated rings. The first-order chi connectivity index (χ1) is 9.72. The highest BCUT2D eigenvalue weighted by molar-refractivity contribution is 7.80. The number of fused-ring (bicyclic) bond motifs is 2. The molecule has 3 rings (SSSR count). The zero-order valence-electron chi connectivity index (χ0n) is 11.2. The van der Waals surface area contributed by atoms with Gasteiger partial charge in [0.1, 0.15) is 0 Å². The Labute approximate surface area is 129 Å². The Hall–Kier alpha value is -1.13. The first kappa shape index (κ1) is 13.8. The van der Waals surface area contributed by atoms with Gasteiger partial charge in [0.15, 0.2) is 5.11 Å². The van der Waals surface area contributed by atoms with Crippen LogP contribution in [0, 0.1) is 11.8 Å². The molecule has 2 aliphatic carbocycles. The summed E-state index contributed by atoms with van der Waals surface area (Å²) in [6, 6.07) is 8.12. The molecule has 2 bridgehead atoms.